The highest BCUT2D eigenvalue weighted by atomic mass is 79.9. The molecule has 0 atom stereocenters. The molecule has 2 aromatic rings. The molecule has 0 aliphatic heterocycles. The van der Waals surface area contributed by atoms with Gasteiger partial charge in [-0.25, -0.2) is 4.39 Å². The summed E-state index contributed by atoms with van der Waals surface area (Å²) in [5, 5.41) is 0. The maximum absolute atomic E-state index is 13.7. The number of halogens is 4. The summed E-state index contributed by atoms with van der Waals surface area (Å²) >= 11 is 4.31. The molecule has 124 valence electrons. The van der Waals surface area contributed by atoms with Crippen molar-refractivity contribution in [3.8, 4) is 0 Å². The van der Waals surface area contributed by atoms with Crippen LogP contribution in [-0.2, 0) is 16.0 Å². The van der Waals surface area contributed by atoms with Gasteiger partial charge in [-0.1, -0.05) is 28.1 Å². The fourth-order valence-corrected chi connectivity index (χ4v) is 3.93. The van der Waals surface area contributed by atoms with E-state index in [0.29, 0.717) is 11.3 Å². The van der Waals surface area contributed by atoms with Crippen LogP contribution in [0, 0.1) is 5.82 Å². The summed E-state index contributed by atoms with van der Waals surface area (Å²) in [6.07, 6.45) is 0. The summed E-state index contributed by atoms with van der Waals surface area (Å²) < 4.78 is 51.1. The highest BCUT2D eigenvalue weighted by molar-refractivity contribution is 9.10. The monoisotopic (exact) mass is 426 g/mol. The molecule has 3 nitrogen and oxygen atoms in total. The van der Waals surface area contributed by atoms with Gasteiger partial charge in [0.05, 0.1) is 0 Å². The van der Waals surface area contributed by atoms with Crippen LogP contribution in [0.25, 0.3) is 0 Å². The zero-order valence-corrected chi connectivity index (χ0v) is 14.7. The molecule has 0 unspecified atom stereocenters. The van der Waals surface area contributed by atoms with E-state index in [1.807, 2.05) is 0 Å². The number of thioether (sulfide) groups is 1. The van der Waals surface area contributed by atoms with Gasteiger partial charge in [-0.15, -0.1) is 11.8 Å². The van der Waals surface area contributed by atoms with Crippen LogP contribution in [0.15, 0.2) is 51.8 Å². The van der Waals surface area contributed by atoms with E-state index in [-0.39, 0.29) is 10.3 Å². The van der Waals surface area contributed by atoms with E-state index < -0.39 is 18.8 Å². The van der Waals surface area contributed by atoms with Gasteiger partial charge in [0.25, 0.3) is 0 Å². The van der Waals surface area contributed by atoms with E-state index >= 15 is 0 Å². The van der Waals surface area contributed by atoms with E-state index in [2.05, 4.69) is 15.9 Å². The predicted molar refractivity (Wildman–Crippen MR) is 86.0 cm³/mol. The fourth-order valence-electron chi connectivity index (χ4n) is 1.75. The lowest BCUT2D eigenvalue weighted by atomic mass is 10.1. The van der Waals surface area contributed by atoms with Crippen molar-refractivity contribution in [2.24, 2.45) is 0 Å². The number of rotatable bonds is 5. The molecule has 0 saturated carbocycles. The lowest BCUT2D eigenvalue weighted by Gasteiger charge is -2.19. The normalized spacial score (nSPS) is 12.4. The van der Waals surface area contributed by atoms with Gasteiger partial charge in [0.1, 0.15) is 5.82 Å². The SMILES string of the molecule is O=P(O)(O)C(F)(F)c1ccc(CSc2ccc(F)cc2)cc1Br. The number of alkyl halides is 2. The maximum atomic E-state index is 13.7. The van der Waals surface area contributed by atoms with Crippen LogP contribution in [0.3, 0.4) is 0 Å². The summed E-state index contributed by atoms with van der Waals surface area (Å²) in [5.41, 5.74) is -4.34. The minimum Gasteiger partial charge on any atom is -0.320 e. The van der Waals surface area contributed by atoms with Crippen molar-refractivity contribution in [3.05, 3.63) is 63.9 Å². The third-order valence-corrected chi connectivity index (χ3v) is 5.65. The Labute approximate surface area is 143 Å². The highest BCUT2D eigenvalue weighted by Crippen LogP contribution is 2.60. The summed E-state index contributed by atoms with van der Waals surface area (Å²) in [6.45, 7) is 0. The van der Waals surface area contributed by atoms with Crippen LogP contribution >= 0.6 is 35.3 Å². The van der Waals surface area contributed by atoms with E-state index in [9.17, 15) is 17.7 Å². The van der Waals surface area contributed by atoms with E-state index in [1.165, 1.54) is 36.0 Å². The first-order valence-corrected chi connectivity index (χ1v) is 9.61. The summed E-state index contributed by atoms with van der Waals surface area (Å²) in [7, 11) is -5.60. The molecule has 0 bridgehead atoms. The van der Waals surface area contributed by atoms with Crippen molar-refractivity contribution >= 4 is 35.3 Å². The van der Waals surface area contributed by atoms with Crippen molar-refractivity contribution in [3.63, 3.8) is 0 Å². The molecular weight excluding hydrogens is 416 g/mol. The number of hydrogen-bond acceptors (Lipinski definition) is 2. The number of benzene rings is 2. The third-order valence-electron chi connectivity index (χ3n) is 2.94. The Morgan fingerprint density at radius 1 is 1.13 bits per heavy atom. The average Bonchev–Trinajstić information content (AvgIpc) is 2.45. The molecule has 0 aliphatic rings. The van der Waals surface area contributed by atoms with Gasteiger partial charge < -0.3 is 9.79 Å². The van der Waals surface area contributed by atoms with Crippen molar-refractivity contribution in [2.45, 2.75) is 16.3 Å². The Morgan fingerprint density at radius 2 is 1.74 bits per heavy atom. The van der Waals surface area contributed by atoms with Crippen molar-refractivity contribution in [1.29, 1.82) is 0 Å². The maximum Gasteiger partial charge on any atom is 0.399 e. The zero-order chi connectivity index (χ0) is 17.3. The second kappa shape index (κ2) is 6.99. The molecule has 23 heavy (non-hydrogen) atoms. The first-order valence-electron chi connectivity index (χ1n) is 6.22. The van der Waals surface area contributed by atoms with Crippen molar-refractivity contribution < 1.29 is 27.5 Å². The molecule has 0 heterocycles. The number of hydrogen-bond donors (Lipinski definition) is 2. The second-order valence-corrected chi connectivity index (χ2v) is 8.19. The highest BCUT2D eigenvalue weighted by Gasteiger charge is 2.51. The molecular formula is C14H11BrF3O3PS. The van der Waals surface area contributed by atoms with Gasteiger partial charge in [0, 0.05) is 20.7 Å². The van der Waals surface area contributed by atoms with Crippen molar-refractivity contribution in [1.82, 2.24) is 0 Å². The van der Waals surface area contributed by atoms with E-state index in [1.54, 1.807) is 12.1 Å². The molecule has 0 radical (unpaired) electrons. The first kappa shape index (κ1) is 18.5. The fraction of sp³-hybridized carbons (Fsp3) is 0.143. The van der Waals surface area contributed by atoms with Gasteiger partial charge in [0.2, 0.25) is 0 Å². The summed E-state index contributed by atoms with van der Waals surface area (Å²) in [5.74, 6) is 0.0903. The third kappa shape index (κ3) is 4.39. The van der Waals surface area contributed by atoms with Crippen LogP contribution in [0.5, 0.6) is 0 Å². The first-order chi connectivity index (χ1) is 10.6. The molecule has 0 saturated heterocycles. The average molecular weight is 427 g/mol. The minimum atomic E-state index is -5.60. The smallest absolute Gasteiger partial charge is 0.320 e. The summed E-state index contributed by atoms with van der Waals surface area (Å²) in [4.78, 5) is 18.4. The van der Waals surface area contributed by atoms with Crippen LogP contribution in [-0.4, -0.2) is 9.79 Å². The van der Waals surface area contributed by atoms with Gasteiger partial charge in [-0.2, -0.15) is 8.78 Å². The topological polar surface area (TPSA) is 57.5 Å². The minimum absolute atomic E-state index is 0.0805. The molecule has 9 heteroatoms. The molecule has 0 spiro atoms. The van der Waals surface area contributed by atoms with Gasteiger partial charge >= 0.3 is 13.3 Å². The molecule has 0 amide bonds. The van der Waals surface area contributed by atoms with Gasteiger partial charge in [-0.3, -0.25) is 4.57 Å². The zero-order valence-electron chi connectivity index (χ0n) is 11.4. The standard InChI is InChI=1S/C14H11BrF3O3PS/c15-13-7-9(8-23-11-4-2-10(16)3-5-11)1-6-12(13)14(17,18)22(19,20)21/h1-7H,8H2,(H2,19,20,21). The van der Waals surface area contributed by atoms with Gasteiger partial charge in [-0.05, 0) is 35.9 Å². The van der Waals surface area contributed by atoms with Crippen LogP contribution in [0.4, 0.5) is 13.2 Å². The van der Waals surface area contributed by atoms with Crippen LogP contribution < -0.4 is 0 Å². The molecule has 2 aromatic carbocycles. The molecule has 2 N–H and O–H groups in total. The van der Waals surface area contributed by atoms with Crippen molar-refractivity contribution in [2.75, 3.05) is 0 Å². The molecule has 2 rings (SSSR count). The Kier molecular flexibility index (Phi) is 5.63. The largest absolute Gasteiger partial charge is 0.399 e. The predicted octanol–water partition coefficient (Wildman–Crippen LogP) is 5.11. The Balaban J connectivity index is 2.16. The second-order valence-electron chi connectivity index (χ2n) is 4.64. The van der Waals surface area contributed by atoms with Gasteiger partial charge in [0.15, 0.2) is 0 Å². The Hall–Kier alpha value is -0.790. The molecule has 0 fully saturated rings. The van der Waals surface area contributed by atoms with Crippen LogP contribution in [0.1, 0.15) is 11.1 Å². The quantitative estimate of drug-likeness (QED) is 0.515. The molecule has 0 aromatic heterocycles. The summed E-state index contributed by atoms with van der Waals surface area (Å²) in [6, 6.07) is 9.60. The lowest BCUT2D eigenvalue weighted by Crippen LogP contribution is -2.14. The lowest BCUT2D eigenvalue weighted by molar-refractivity contribution is 0.0557. The van der Waals surface area contributed by atoms with Crippen LogP contribution in [0.2, 0.25) is 0 Å². The Morgan fingerprint density at radius 3 is 2.26 bits per heavy atom. The Bertz CT molecular complexity index is 749. The van der Waals surface area contributed by atoms with E-state index in [4.69, 9.17) is 9.79 Å². The van der Waals surface area contributed by atoms with E-state index in [0.717, 1.165) is 11.0 Å². The molecule has 0 aliphatic carbocycles.